The summed E-state index contributed by atoms with van der Waals surface area (Å²) >= 11 is 0. The lowest BCUT2D eigenvalue weighted by Crippen LogP contribution is -2.29. The molecule has 2 heterocycles. The first-order valence-corrected chi connectivity index (χ1v) is 15.1. The number of rotatable bonds is 8. The zero-order valence-electron chi connectivity index (χ0n) is 24.1. The quantitative estimate of drug-likeness (QED) is 0.250. The van der Waals surface area contributed by atoms with Gasteiger partial charge in [0.05, 0.1) is 5.56 Å². The van der Waals surface area contributed by atoms with Gasteiger partial charge in [-0.2, -0.15) is 13.2 Å². The fourth-order valence-corrected chi connectivity index (χ4v) is 5.62. The van der Waals surface area contributed by atoms with E-state index < -0.39 is 11.7 Å². The van der Waals surface area contributed by atoms with Crippen molar-refractivity contribution < 1.29 is 13.2 Å². The van der Waals surface area contributed by atoms with Crippen LogP contribution in [0.1, 0.15) is 66.3 Å². The van der Waals surface area contributed by atoms with E-state index in [2.05, 4.69) is 58.3 Å². The summed E-state index contributed by atoms with van der Waals surface area (Å²) in [4.78, 5) is 4.82. The Balaban J connectivity index is 1.19. The highest BCUT2D eigenvalue weighted by molar-refractivity contribution is 5.65. The van der Waals surface area contributed by atoms with Gasteiger partial charge in [0, 0.05) is 37.6 Å². The van der Waals surface area contributed by atoms with Crippen LogP contribution in [0.2, 0.25) is 0 Å². The van der Waals surface area contributed by atoms with Crippen molar-refractivity contribution in [2.75, 3.05) is 36.0 Å². The van der Waals surface area contributed by atoms with Crippen molar-refractivity contribution in [2.24, 2.45) is 0 Å². The van der Waals surface area contributed by atoms with Crippen molar-refractivity contribution in [1.29, 1.82) is 0 Å². The monoisotopic (exact) mass is 568 g/mol. The summed E-state index contributed by atoms with van der Waals surface area (Å²) in [5.41, 5.74) is 4.56. The number of allylic oxidation sites excluding steroid dienone is 4. The zero-order valence-corrected chi connectivity index (χ0v) is 24.1. The van der Waals surface area contributed by atoms with Gasteiger partial charge >= 0.3 is 6.18 Å². The van der Waals surface area contributed by atoms with Gasteiger partial charge in [0.1, 0.15) is 0 Å². The predicted octanol–water partition coefficient (Wildman–Crippen LogP) is 10.1. The summed E-state index contributed by atoms with van der Waals surface area (Å²) in [6.07, 6.45) is 17.3. The van der Waals surface area contributed by atoms with Crippen LogP contribution < -0.4 is 9.80 Å². The summed E-state index contributed by atoms with van der Waals surface area (Å²) in [5.74, 6) is 0. The van der Waals surface area contributed by atoms with Crippen LogP contribution in [0, 0.1) is 0 Å². The van der Waals surface area contributed by atoms with E-state index >= 15 is 0 Å². The maximum atomic E-state index is 13.9. The molecule has 0 amide bonds. The first kappa shape index (κ1) is 29.5. The largest absolute Gasteiger partial charge is 0.417 e. The minimum atomic E-state index is -4.44. The summed E-state index contributed by atoms with van der Waals surface area (Å²) in [6, 6.07) is 21.2. The molecule has 0 N–H and O–H groups in total. The average molecular weight is 569 g/mol. The molecule has 218 valence electrons. The molecule has 0 atom stereocenters. The minimum Gasteiger partial charge on any atom is -0.372 e. The van der Waals surface area contributed by atoms with E-state index in [1.807, 2.05) is 18.2 Å². The number of benzene rings is 3. The molecule has 2 saturated heterocycles. The summed E-state index contributed by atoms with van der Waals surface area (Å²) in [6.45, 7) is 4.41. The average Bonchev–Trinajstić information content (AvgIpc) is 3.03. The van der Waals surface area contributed by atoms with Gasteiger partial charge in [-0.1, -0.05) is 85.0 Å². The van der Waals surface area contributed by atoms with Crippen LogP contribution in [0.25, 0.3) is 24.3 Å². The van der Waals surface area contributed by atoms with E-state index in [4.69, 9.17) is 0 Å². The molecule has 42 heavy (non-hydrogen) atoms. The Labute approximate surface area is 248 Å². The topological polar surface area (TPSA) is 6.48 Å². The van der Waals surface area contributed by atoms with E-state index in [9.17, 15) is 13.2 Å². The van der Waals surface area contributed by atoms with Gasteiger partial charge in [-0.25, -0.2) is 0 Å². The van der Waals surface area contributed by atoms with Gasteiger partial charge in [-0.15, -0.1) is 0 Å². The van der Waals surface area contributed by atoms with Crippen LogP contribution in [0.3, 0.4) is 0 Å². The van der Waals surface area contributed by atoms with E-state index in [0.29, 0.717) is 5.56 Å². The van der Waals surface area contributed by atoms with Crippen molar-refractivity contribution in [2.45, 2.75) is 44.7 Å². The third-order valence-electron chi connectivity index (χ3n) is 7.98. The first-order chi connectivity index (χ1) is 20.5. The molecule has 0 aromatic heterocycles. The summed E-state index contributed by atoms with van der Waals surface area (Å²) in [5, 5.41) is 0. The number of nitrogens with zero attached hydrogens (tertiary/aromatic N) is 2. The maximum absolute atomic E-state index is 13.9. The smallest absolute Gasteiger partial charge is 0.372 e. The molecule has 2 aliphatic heterocycles. The second-order valence-electron chi connectivity index (χ2n) is 11.1. The van der Waals surface area contributed by atoms with Gasteiger partial charge in [0.15, 0.2) is 0 Å². The highest BCUT2D eigenvalue weighted by atomic mass is 19.4. The van der Waals surface area contributed by atoms with Crippen molar-refractivity contribution in [1.82, 2.24) is 0 Å². The Bertz CT molecular complexity index is 1400. The van der Waals surface area contributed by atoms with E-state index in [1.165, 1.54) is 68.1 Å². The van der Waals surface area contributed by atoms with E-state index in [1.54, 1.807) is 30.4 Å². The van der Waals surface area contributed by atoms with Gasteiger partial charge < -0.3 is 9.80 Å². The van der Waals surface area contributed by atoms with Crippen molar-refractivity contribution in [3.63, 3.8) is 0 Å². The first-order valence-electron chi connectivity index (χ1n) is 15.1. The molecule has 5 rings (SSSR count). The highest BCUT2D eigenvalue weighted by Gasteiger charge is 2.32. The lowest BCUT2D eigenvalue weighted by Gasteiger charge is -2.28. The molecule has 0 unspecified atom stereocenters. The molecular formula is C37H39F3N2. The highest BCUT2D eigenvalue weighted by Crippen LogP contribution is 2.34. The predicted molar refractivity (Wildman–Crippen MR) is 173 cm³/mol. The second kappa shape index (κ2) is 14.3. The molecule has 0 bridgehead atoms. The molecule has 2 nitrogen and oxygen atoms in total. The summed E-state index contributed by atoms with van der Waals surface area (Å²) in [7, 11) is 0. The van der Waals surface area contributed by atoms with Crippen molar-refractivity contribution >= 4 is 35.7 Å². The Morgan fingerprint density at radius 1 is 0.476 bits per heavy atom. The molecule has 2 fully saturated rings. The molecule has 0 aliphatic carbocycles. The fourth-order valence-electron chi connectivity index (χ4n) is 5.62. The summed E-state index contributed by atoms with van der Waals surface area (Å²) < 4.78 is 41.6. The number of alkyl halides is 3. The van der Waals surface area contributed by atoms with Crippen LogP contribution in [0.5, 0.6) is 0 Å². The Kier molecular flexibility index (Phi) is 10.0. The Morgan fingerprint density at radius 2 is 0.881 bits per heavy atom. The van der Waals surface area contributed by atoms with E-state index in [-0.39, 0.29) is 5.56 Å². The lowest BCUT2D eigenvalue weighted by atomic mass is 10.0. The van der Waals surface area contributed by atoms with E-state index in [0.717, 1.165) is 37.3 Å². The fraction of sp³-hybridized carbons (Fsp3) is 0.297. The van der Waals surface area contributed by atoms with Gasteiger partial charge in [0.2, 0.25) is 0 Å². The SMILES string of the molecule is FC(F)(F)c1cc(C=CC=Cc2ccc(N3CCCCC3)cc2)ccc1C=CC=Cc1ccc(N2CCCCC2)cc1. The van der Waals surface area contributed by atoms with Crippen molar-refractivity contribution in [3.05, 3.63) is 119 Å². The number of hydrogen-bond donors (Lipinski definition) is 0. The van der Waals surface area contributed by atoms with Gasteiger partial charge in [-0.05, 0) is 91.1 Å². The lowest BCUT2D eigenvalue weighted by molar-refractivity contribution is -0.137. The number of halogens is 3. The maximum Gasteiger partial charge on any atom is 0.417 e. The standard InChI is InChI=1S/C37H39F3N2/c38-37(39,40)36-29-32(13-4-3-11-30-16-21-34(22-17-30)41-25-7-1-8-26-41)15-20-33(36)14-6-5-12-31-18-23-35(24-19-31)42-27-9-2-10-28-42/h3-6,11-24,29H,1-2,7-10,25-28H2. The molecule has 3 aromatic rings. The van der Waals surface area contributed by atoms with Crippen LogP contribution in [-0.4, -0.2) is 26.2 Å². The van der Waals surface area contributed by atoms with Gasteiger partial charge in [0.25, 0.3) is 0 Å². The molecule has 5 heteroatoms. The van der Waals surface area contributed by atoms with Crippen LogP contribution in [0.4, 0.5) is 24.5 Å². The normalized spacial score (nSPS) is 16.9. The molecule has 2 aliphatic rings. The molecule has 0 saturated carbocycles. The molecule has 0 radical (unpaired) electrons. The minimum absolute atomic E-state index is 0.147. The number of piperidine rings is 2. The molecule has 3 aromatic carbocycles. The number of anilines is 2. The Morgan fingerprint density at radius 3 is 1.33 bits per heavy atom. The second-order valence-corrected chi connectivity index (χ2v) is 11.1. The van der Waals surface area contributed by atoms with Gasteiger partial charge in [-0.3, -0.25) is 0 Å². The Hall–Kier alpha value is -3.99. The third-order valence-corrected chi connectivity index (χ3v) is 7.98. The third kappa shape index (κ3) is 8.28. The molecule has 0 spiro atoms. The molecular weight excluding hydrogens is 529 g/mol. The van der Waals surface area contributed by atoms with Crippen LogP contribution in [-0.2, 0) is 6.18 Å². The van der Waals surface area contributed by atoms with Crippen LogP contribution in [0.15, 0.2) is 91.0 Å². The van der Waals surface area contributed by atoms with Crippen LogP contribution >= 0.6 is 0 Å². The number of hydrogen-bond acceptors (Lipinski definition) is 2. The van der Waals surface area contributed by atoms with Crippen molar-refractivity contribution in [3.8, 4) is 0 Å². The zero-order chi connectivity index (χ0) is 29.2.